The molecule has 0 bridgehead atoms. The zero-order valence-corrected chi connectivity index (χ0v) is 15.0. The van der Waals surface area contributed by atoms with Gasteiger partial charge in [-0.3, -0.25) is 4.98 Å². The molecule has 0 atom stereocenters. The van der Waals surface area contributed by atoms with E-state index in [1.165, 1.54) is 17.8 Å². The van der Waals surface area contributed by atoms with E-state index in [2.05, 4.69) is 9.98 Å². The highest BCUT2D eigenvalue weighted by molar-refractivity contribution is 8.13. The molecule has 2 heterocycles. The average molecular weight is 370 g/mol. The first kappa shape index (κ1) is 19.6. The molecule has 3 nitrogen and oxygen atoms in total. The molecule has 2 rings (SSSR count). The molecule has 0 saturated carbocycles. The predicted octanol–water partition coefficient (Wildman–Crippen LogP) is 5.52. The van der Waals surface area contributed by atoms with Crippen LogP contribution in [0.5, 0.6) is 0 Å². The fraction of sp³-hybridized carbons (Fsp3) is 0.444. The van der Waals surface area contributed by atoms with Crippen LogP contribution in [-0.2, 0) is 18.6 Å². The van der Waals surface area contributed by atoms with Crippen LogP contribution in [-0.4, -0.2) is 21.3 Å². The first-order valence-corrected chi connectivity index (χ1v) is 9.17. The Bertz CT molecular complexity index is 687. The topological polar surface area (TPSA) is 45.5 Å². The maximum atomic E-state index is 13.1. The molecule has 0 aliphatic carbocycles. The minimum Gasteiger partial charge on any atom is -0.508 e. The molecule has 1 N–H and O–H groups in total. The van der Waals surface area contributed by atoms with Crippen molar-refractivity contribution in [3.63, 3.8) is 0 Å². The van der Waals surface area contributed by atoms with Crippen LogP contribution in [0.2, 0.25) is 0 Å². The third-order valence-corrected chi connectivity index (χ3v) is 4.93. The number of halogens is 3. The van der Waals surface area contributed by atoms with Gasteiger partial charge in [0.05, 0.1) is 5.04 Å². The van der Waals surface area contributed by atoms with Crippen molar-refractivity contribution in [3.8, 4) is 0 Å². The van der Waals surface area contributed by atoms with Crippen LogP contribution < -0.4 is 0 Å². The van der Waals surface area contributed by atoms with E-state index in [0.717, 1.165) is 29.7 Å². The zero-order valence-electron chi connectivity index (χ0n) is 14.2. The second kappa shape index (κ2) is 8.56. The fourth-order valence-corrected chi connectivity index (χ4v) is 3.65. The summed E-state index contributed by atoms with van der Waals surface area (Å²) in [7, 11) is 0. The molecule has 0 spiro atoms. The largest absolute Gasteiger partial charge is 0.508 e. The summed E-state index contributed by atoms with van der Waals surface area (Å²) in [5.74, 6) is 0.147. The molecular weight excluding hydrogens is 349 g/mol. The number of thioether (sulfide) groups is 1. The summed E-state index contributed by atoms with van der Waals surface area (Å²) >= 11 is 1.31. The molecule has 136 valence electrons. The van der Waals surface area contributed by atoms with Gasteiger partial charge in [0.25, 0.3) is 0 Å². The number of hydrogen-bond acceptors (Lipinski definition) is 4. The Balaban J connectivity index is 2.26. The van der Waals surface area contributed by atoms with Gasteiger partial charge in [0.15, 0.2) is 0 Å². The van der Waals surface area contributed by atoms with Gasteiger partial charge in [-0.05, 0) is 49.0 Å². The predicted molar refractivity (Wildman–Crippen MR) is 95.8 cm³/mol. The van der Waals surface area contributed by atoms with E-state index >= 15 is 0 Å². The zero-order chi connectivity index (χ0) is 18.4. The smallest absolute Gasteiger partial charge is 0.433 e. The number of hydrogen-bond donors (Lipinski definition) is 1. The summed E-state index contributed by atoms with van der Waals surface area (Å²) in [4.78, 5) is 8.16. The van der Waals surface area contributed by atoms with E-state index in [-0.39, 0.29) is 0 Å². The van der Waals surface area contributed by atoms with Crippen LogP contribution >= 0.6 is 11.8 Å². The minimum absolute atomic E-state index is 0.366. The van der Waals surface area contributed by atoms with Crippen molar-refractivity contribution in [3.05, 3.63) is 52.7 Å². The molecule has 0 radical (unpaired) electrons. The van der Waals surface area contributed by atoms with E-state index in [1.54, 1.807) is 6.20 Å². The monoisotopic (exact) mass is 370 g/mol. The highest BCUT2D eigenvalue weighted by atomic mass is 32.2. The van der Waals surface area contributed by atoms with E-state index in [9.17, 15) is 18.3 Å². The van der Waals surface area contributed by atoms with Crippen molar-refractivity contribution < 1.29 is 18.3 Å². The molecule has 0 aromatic carbocycles. The molecule has 25 heavy (non-hydrogen) atoms. The summed E-state index contributed by atoms with van der Waals surface area (Å²) in [5.41, 5.74) is 2.15. The maximum absolute atomic E-state index is 13.1. The van der Waals surface area contributed by atoms with Crippen molar-refractivity contribution in [2.45, 2.75) is 51.5 Å². The number of allylic oxidation sites excluding steroid dienone is 3. The first-order chi connectivity index (χ1) is 11.8. The second-order valence-corrected chi connectivity index (χ2v) is 6.64. The lowest BCUT2D eigenvalue weighted by Gasteiger charge is -2.15. The van der Waals surface area contributed by atoms with Crippen molar-refractivity contribution in [1.82, 2.24) is 4.98 Å². The number of aliphatic hydroxyl groups is 1. The van der Waals surface area contributed by atoms with Gasteiger partial charge < -0.3 is 5.11 Å². The lowest BCUT2D eigenvalue weighted by molar-refractivity contribution is -0.0925. The van der Waals surface area contributed by atoms with E-state index in [0.29, 0.717) is 29.7 Å². The van der Waals surface area contributed by atoms with Gasteiger partial charge in [-0.2, -0.15) is 13.2 Å². The van der Waals surface area contributed by atoms with Gasteiger partial charge in [0.1, 0.15) is 11.5 Å². The molecule has 0 amide bonds. The Kier molecular flexibility index (Phi) is 6.70. The number of aromatic nitrogens is 1. The van der Waals surface area contributed by atoms with Crippen molar-refractivity contribution in [1.29, 1.82) is 0 Å². The highest BCUT2D eigenvalue weighted by Gasteiger charge is 2.34. The summed E-state index contributed by atoms with van der Waals surface area (Å²) in [6, 6.07) is 1.96. The van der Waals surface area contributed by atoms with Crippen molar-refractivity contribution in [2.75, 3.05) is 0 Å². The molecular formula is C18H21F3N2OS. The normalized spacial score (nSPS) is 22.0. The third-order valence-electron chi connectivity index (χ3n) is 3.87. The van der Waals surface area contributed by atoms with Crippen LogP contribution in [0.25, 0.3) is 0 Å². The molecule has 1 aliphatic heterocycles. The Morgan fingerprint density at radius 3 is 2.64 bits per heavy atom. The Morgan fingerprint density at radius 1 is 1.24 bits per heavy atom. The fourth-order valence-electron chi connectivity index (χ4n) is 2.56. The molecule has 0 saturated heterocycles. The molecule has 1 aromatic rings. The number of aliphatic imine (C=N–C) groups is 1. The average Bonchev–Trinajstić information content (AvgIpc) is 2.55. The number of aliphatic hydroxyl groups excluding tert-OH is 1. The maximum Gasteiger partial charge on any atom is 0.433 e. The lowest BCUT2D eigenvalue weighted by atomic mass is 10.0. The minimum atomic E-state index is -4.59. The molecule has 1 aromatic heterocycles. The molecule has 0 unspecified atom stereocenters. The summed E-state index contributed by atoms with van der Waals surface area (Å²) in [6.07, 6.45) is 1.69. The van der Waals surface area contributed by atoms with Gasteiger partial charge >= 0.3 is 6.18 Å². The SMILES string of the molecule is CCc1ccnc(CC)c1CS/C1=N/C(C(F)(F)F)=C\C(O)=C/CC1. The molecule has 1 aliphatic rings. The first-order valence-electron chi connectivity index (χ1n) is 8.19. The van der Waals surface area contributed by atoms with Crippen LogP contribution in [0.1, 0.15) is 43.5 Å². The summed E-state index contributed by atoms with van der Waals surface area (Å²) < 4.78 is 39.2. The van der Waals surface area contributed by atoms with Gasteiger partial charge in [0, 0.05) is 23.7 Å². The second-order valence-electron chi connectivity index (χ2n) is 5.59. The third kappa shape index (κ3) is 5.36. The highest BCUT2D eigenvalue weighted by Crippen LogP contribution is 2.31. The lowest BCUT2D eigenvalue weighted by Crippen LogP contribution is -2.13. The van der Waals surface area contributed by atoms with Crippen LogP contribution in [0.15, 0.2) is 40.9 Å². The number of rotatable bonds is 4. The van der Waals surface area contributed by atoms with Crippen LogP contribution in [0.4, 0.5) is 13.2 Å². The standard InChI is InChI=1S/C18H21F3N2OS/c1-3-12-8-9-22-15(4-2)14(12)11-25-17-7-5-6-13(24)10-16(23-17)18(19,20)21/h6,8-10,24H,3-5,7,11H2,1-2H3/b13-6+,16-10-,23-17+. The van der Waals surface area contributed by atoms with E-state index in [4.69, 9.17) is 0 Å². The van der Waals surface area contributed by atoms with Crippen molar-refractivity contribution >= 4 is 16.8 Å². The van der Waals surface area contributed by atoms with Crippen molar-refractivity contribution in [2.24, 2.45) is 4.99 Å². The summed E-state index contributed by atoms with van der Waals surface area (Å²) in [5, 5.41) is 9.90. The van der Waals surface area contributed by atoms with Crippen LogP contribution in [0.3, 0.4) is 0 Å². The Hall–Kier alpha value is -1.76. The number of nitrogens with zero attached hydrogens (tertiary/aromatic N) is 2. The van der Waals surface area contributed by atoms with Gasteiger partial charge in [-0.15, -0.1) is 11.8 Å². The number of aryl methyl sites for hydroxylation is 2. The molecule has 0 fully saturated rings. The van der Waals surface area contributed by atoms with E-state index in [1.807, 2.05) is 19.9 Å². The number of alkyl halides is 3. The van der Waals surface area contributed by atoms with Gasteiger partial charge in [0.2, 0.25) is 0 Å². The Labute approximate surface area is 149 Å². The molecule has 7 heteroatoms. The Morgan fingerprint density at radius 2 is 2.00 bits per heavy atom. The van der Waals surface area contributed by atoms with E-state index < -0.39 is 17.6 Å². The number of pyridine rings is 1. The van der Waals surface area contributed by atoms with Gasteiger partial charge in [-0.1, -0.05) is 13.8 Å². The quantitative estimate of drug-likeness (QED) is 0.759. The van der Waals surface area contributed by atoms with Crippen LogP contribution in [0, 0.1) is 0 Å². The summed E-state index contributed by atoms with van der Waals surface area (Å²) in [6.45, 7) is 4.07. The van der Waals surface area contributed by atoms with Gasteiger partial charge in [-0.25, -0.2) is 4.99 Å².